The number of likely N-dealkylation sites (tertiary alicyclic amines) is 1. The molecule has 5 rings (SSSR count). The van der Waals surface area contributed by atoms with Crippen molar-refractivity contribution in [2.75, 3.05) is 27.2 Å². The Morgan fingerprint density at radius 1 is 0.897 bits per heavy atom. The maximum Gasteiger partial charge on any atom is 0.418 e. The highest BCUT2D eigenvalue weighted by Gasteiger charge is 2.35. The summed E-state index contributed by atoms with van der Waals surface area (Å²) in [6, 6.07) is 24.1. The number of aromatic nitrogens is 1. The summed E-state index contributed by atoms with van der Waals surface area (Å²) < 4.78 is 44.9. The number of hydrogen-bond donors (Lipinski definition) is 0. The fraction of sp³-hybridized carbons (Fsp3) is 0.233. The van der Waals surface area contributed by atoms with E-state index in [4.69, 9.17) is 0 Å². The van der Waals surface area contributed by atoms with Crippen LogP contribution in [0.2, 0.25) is 0 Å². The normalized spacial score (nSPS) is 15.5. The van der Waals surface area contributed by atoms with Crippen LogP contribution in [0.15, 0.2) is 89.4 Å². The summed E-state index contributed by atoms with van der Waals surface area (Å²) in [5, 5.41) is 0. The van der Waals surface area contributed by atoms with E-state index >= 15 is 0 Å². The smallest absolute Gasteiger partial charge is 0.337 e. The lowest BCUT2D eigenvalue weighted by molar-refractivity contribution is -0.137. The van der Waals surface area contributed by atoms with Crippen LogP contribution < -0.4 is 0 Å². The number of carbonyl (C=O) groups is 1. The molecule has 0 N–H and O–H groups in total. The first-order chi connectivity index (χ1) is 18.1. The van der Waals surface area contributed by atoms with Crippen LogP contribution >= 0.6 is 28.3 Å². The zero-order valence-corrected chi connectivity index (χ0v) is 23.9. The van der Waals surface area contributed by atoms with Crippen molar-refractivity contribution in [1.82, 2.24) is 14.4 Å². The van der Waals surface area contributed by atoms with Crippen molar-refractivity contribution in [2.45, 2.75) is 18.6 Å². The molecule has 0 spiro atoms. The van der Waals surface area contributed by atoms with Gasteiger partial charge >= 0.3 is 6.18 Å². The predicted molar refractivity (Wildman–Crippen MR) is 155 cm³/mol. The van der Waals surface area contributed by atoms with E-state index in [0.29, 0.717) is 41.6 Å². The lowest BCUT2D eigenvalue weighted by atomic mass is 10.1. The highest BCUT2D eigenvalue weighted by atomic mass is 79.9. The third kappa shape index (κ3) is 5.93. The van der Waals surface area contributed by atoms with Crippen molar-refractivity contribution in [1.29, 1.82) is 0 Å². The second-order valence-corrected chi connectivity index (χ2v) is 10.6. The lowest BCUT2D eigenvalue weighted by Crippen LogP contribution is -2.34. The number of hydrogen-bond acceptors (Lipinski definition) is 2. The molecule has 204 valence electrons. The highest BCUT2D eigenvalue weighted by Crippen LogP contribution is 2.39. The number of nitrogens with zero attached hydrogens (tertiary/aromatic N) is 3. The molecule has 0 saturated carbocycles. The number of para-hydroxylation sites is 1. The minimum atomic E-state index is -4.54. The summed E-state index contributed by atoms with van der Waals surface area (Å²) in [4.78, 5) is 17.3. The fourth-order valence-corrected chi connectivity index (χ4v) is 5.28. The van der Waals surface area contributed by atoms with Crippen LogP contribution in [0, 0.1) is 0 Å². The van der Waals surface area contributed by atoms with Crippen molar-refractivity contribution < 1.29 is 18.0 Å². The molecule has 3 aromatic carbocycles. The van der Waals surface area contributed by atoms with Gasteiger partial charge in [0, 0.05) is 29.2 Å². The maximum absolute atomic E-state index is 14.1. The van der Waals surface area contributed by atoms with Crippen LogP contribution in [-0.2, 0) is 6.18 Å². The Morgan fingerprint density at radius 2 is 1.56 bits per heavy atom. The molecule has 4 nitrogen and oxygen atoms in total. The van der Waals surface area contributed by atoms with Gasteiger partial charge in [-0.25, -0.2) is 0 Å². The Hall–Kier alpha value is -3.07. The largest absolute Gasteiger partial charge is 0.418 e. The Morgan fingerprint density at radius 3 is 2.21 bits per heavy atom. The van der Waals surface area contributed by atoms with Crippen LogP contribution in [0.4, 0.5) is 13.2 Å². The van der Waals surface area contributed by atoms with Gasteiger partial charge in [-0.15, -0.1) is 12.4 Å². The maximum atomic E-state index is 14.1. The first-order valence-corrected chi connectivity index (χ1v) is 13.1. The van der Waals surface area contributed by atoms with E-state index in [1.54, 1.807) is 28.8 Å². The van der Waals surface area contributed by atoms with Gasteiger partial charge in [-0.2, -0.15) is 13.2 Å². The third-order valence-electron chi connectivity index (χ3n) is 7.06. The van der Waals surface area contributed by atoms with Gasteiger partial charge in [0.2, 0.25) is 0 Å². The van der Waals surface area contributed by atoms with Gasteiger partial charge in [0.05, 0.1) is 22.6 Å². The lowest BCUT2D eigenvalue weighted by Gasteiger charge is -2.21. The summed E-state index contributed by atoms with van der Waals surface area (Å²) in [7, 11) is 4.02. The van der Waals surface area contributed by atoms with Gasteiger partial charge in [0.25, 0.3) is 5.91 Å². The van der Waals surface area contributed by atoms with Crippen molar-refractivity contribution >= 4 is 34.2 Å². The van der Waals surface area contributed by atoms with E-state index in [-0.39, 0.29) is 24.0 Å². The van der Waals surface area contributed by atoms with Gasteiger partial charge in [-0.05, 0) is 80.2 Å². The van der Waals surface area contributed by atoms with Crippen LogP contribution in [-0.4, -0.2) is 53.5 Å². The molecule has 1 aliphatic rings. The average Bonchev–Trinajstić information content (AvgIpc) is 3.57. The predicted octanol–water partition coefficient (Wildman–Crippen LogP) is 7.79. The zero-order valence-electron chi connectivity index (χ0n) is 21.5. The Bertz CT molecular complexity index is 1470. The van der Waals surface area contributed by atoms with Crippen LogP contribution in [0.3, 0.4) is 0 Å². The van der Waals surface area contributed by atoms with E-state index in [2.05, 4.69) is 20.8 Å². The minimum absolute atomic E-state index is 0. The number of carbonyl (C=O) groups excluding carboxylic acids is 1. The van der Waals surface area contributed by atoms with E-state index < -0.39 is 11.7 Å². The number of halogens is 5. The fourth-order valence-electron chi connectivity index (χ4n) is 5.02. The van der Waals surface area contributed by atoms with E-state index in [1.807, 2.05) is 61.5 Å². The van der Waals surface area contributed by atoms with Crippen molar-refractivity contribution in [2.24, 2.45) is 0 Å². The highest BCUT2D eigenvalue weighted by molar-refractivity contribution is 9.10. The van der Waals surface area contributed by atoms with Gasteiger partial charge < -0.3 is 14.4 Å². The van der Waals surface area contributed by atoms with Crippen molar-refractivity contribution in [3.8, 4) is 28.2 Å². The molecule has 39 heavy (non-hydrogen) atoms. The number of likely N-dealkylation sites (N-methyl/N-ethyl adjacent to an activating group) is 1. The second-order valence-electron chi connectivity index (χ2n) is 9.70. The molecule has 0 radical (unpaired) electrons. The molecule has 1 amide bonds. The van der Waals surface area contributed by atoms with Crippen LogP contribution in [0.5, 0.6) is 0 Å². The molecule has 9 heteroatoms. The van der Waals surface area contributed by atoms with Crippen molar-refractivity contribution in [3.05, 3.63) is 101 Å². The third-order valence-corrected chi connectivity index (χ3v) is 7.59. The first-order valence-electron chi connectivity index (χ1n) is 12.3. The molecule has 1 aromatic heterocycles. The zero-order chi connectivity index (χ0) is 27.0. The summed E-state index contributed by atoms with van der Waals surface area (Å²) in [6.07, 6.45) is -3.63. The van der Waals surface area contributed by atoms with Crippen molar-refractivity contribution in [3.63, 3.8) is 0 Å². The number of alkyl halides is 3. The molecule has 0 unspecified atom stereocenters. The Labute approximate surface area is 240 Å². The average molecular weight is 619 g/mol. The Kier molecular flexibility index (Phi) is 8.59. The summed E-state index contributed by atoms with van der Waals surface area (Å²) in [5.74, 6) is -0.0712. The SMILES string of the molecule is CN(C)[C@@H]1CCN(C(=O)c2cccc(-c3ccc(-c4ccc(Br)cc4)n3-c3ccccc3C(F)(F)F)c2)C1.Cl. The van der Waals surface area contributed by atoms with E-state index in [9.17, 15) is 18.0 Å². The minimum Gasteiger partial charge on any atom is -0.337 e. The van der Waals surface area contributed by atoms with Gasteiger partial charge in [-0.3, -0.25) is 4.79 Å². The summed E-state index contributed by atoms with van der Waals surface area (Å²) in [5.41, 5.74) is 2.45. The number of benzene rings is 3. The standard InChI is InChI=1S/C30H27BrF3N3O.ClH/c1-35(2)24-16-17-36(19-24)29(38)22-7-5-6-21(18-22)27-15-14-26(20-10-12-23(31)13-11-20)37(27)28-9-4-3-8-25(28)30(32,33)34;/h3-15,18,24H,16-17,19H2,1-2H3;1H/t24-;/m1./s1. The monoisotopic (exact) mass is 617 g/mol. The molecular weight excluding hydrogens is 591 g/mol. The van der Waals surface area contributed by atoms with Gasteiger partial charge in [0.15, 0.2) is 0 Å². The van der Waals surface area contributed by atoms with E-state index in [0.717, 1.165) is 22.5 Å². The quantitative estimate of drug-likeness (QED) is 0.228. The second kappa shape index (κ2) is 11.6. The molecule has 1 fully saturated rings. The molecule has 1 atom stereocenters. The van der Waals surface area contributed by atoms with Gasteiger partial charge in [0.1, 0.15) is 0 Å². The van der Waals surface area contributed by atoms with Crippen LogP contribution in [0.1, 0.15) is 22.3 Å². The molecule has 1 saturated heterocycles. The molecule has 4 aromatic rings. The molecule has 0 bridgehead atoms. The summed E-state index contributed by atoms with van der Waals surface area (Å²) in [6.45, 7) is 1.33. The van der Waals surface area contributed by atoms with Gasteiger partial charge in [-0.1, -0.05) is 52.3 Å². The first kappa shape index (κ1) is 28.9. The summed E-state index contributed by atoms with van der Waals surface area (Å²) >= 11 is 3.43. The van der Waals surface area contributed by atoms with E-state index in [1.165, 1.54) is 12.1 Å². The Balaban J connectivity index is 0.00000353. The molecule has 1 aliphatic heterocycles. The number of rotatable bonds is 5. The molecule has 0 aliphatic carbocycles. The number of amides is 1. The topological polar surface area (TPSA) is 28.5 Å². The molecule has 2 heterocycles. The van der Waals surface area contributed by atoms with Crippen LogP contribution in [0.25, 0.3) is 28.2 Å². The molecular formula is C30H28BrClF3N3O.